The third-order valence-corrected chi connectivity index (χ3v) is 5.11. The zero-order chi connectivity index (χ0) is 21.7. The normalized spacial score (nSPS) is 14.7. The van der Waals surface area contributed by atoms with Gasteiger partial charge in [0.05, 0.1) is 5.69 Å². The SMILES string of the molecule is CC(C)N(CCN1C(=O)/C(=N/NC(=O)Nc2ccccc2)c2ccccc21)C(C)C. The molecule has 2 aromatic rings. The first-order valence-electron chi connectivity index (χ1n) is 10.2. The van der Waals surface area contributed by atoms with E-state index in [9.17, 15) is 9.59 Å². The van der Waals surface area contributed by atoms with Gasteiger partial charge in [0.1, 0.15) is 0 Å². The Bertz CT molecular complexity index is 916. The maximum absolute atomic E-state index is 13.1. The van der Waals surface area contributed by atoms with Crippen molar-refractivity contribution in [3.63, 3.8) is 0 Å². The van der Waals surface area contributed by atoms with E-state index in [2.05, 4.69) is 48.4 Å². The van der Waals surface area contributed by atoms with Crippen molar-refractivity contribution in [1.82, 2.24) is 10.3 Å². The van der Waals surface area contributed by atoms with Crippen molar-refractivity contribution < 1.29 is 9.59 Å². The number of anilines is 2. The molecule has 30 heavy (non-hydrogen) atoms. The van der Waals surface area contributed by atoms with Gasteiger partial charge in [0.15, 0.2) is 5.71 Å². The molecule has 3 amide bonds. The van der Waals surface area contributed by atoms with E-state index in [0.29, 0.717) is 24.3 Å². The Hall–Kier alpha value is -3.19. The molecule has 0 atom stereocenters. The smallest absolute Gasteiger partial charge is 0.307 e. The molecule has 1 aliphatic rings. The molecule has 0 unspecified atom stereocenters. The lowest BCUT2D eigenvalue weighted by atomic mass is 10.1. The Kier molecular flexibility index (Phi) is 6.84. The zero-order valence-electron chi connectivity index (χ0n) is 17.9. The lowest BCUT2D eigenvalue weighted by Crippen LogP contribution is -2.44. The summed E-state index contributed by atoms with van der Waals surface area (Å²) >= 11 is 0. The Labute approximate surface area is 177 Å². The van der Waals surface area contributed by atoms with Gasteiger partial charge in [-0.15, -0.1) is 0 Å². The summed E-state index contributed by atoms with van der Waals surface area (Å²) in [6, 6.07) is 16.9. The van der Waals surface area contributed by atoms with E-state index < -0.39 is 6.03 Å². The maximum atomic E-state index is 13.1. The van der Waals surface area contributed by atoms with E-state index in [1.165, 1.54) is 0 Å². The van der Waals surface area contributed by atoms with Crippen LogP contribution in [-0.2, 0) is 4.79 Å². The van der Waals surface area contributed by atoms with Gasteiger partial charge in [-0.25, -0.2) is 10.2 Å². The van der Waals surface area contributed by atoms with Crippen LogP contribution in [0, 0.1) is 0 Å². The van der Waals surface area contributed by atoms with Gasteiger partial charge in [-0.2, -0.15) is 5.10 Å². The standard InChI is InChI=1S/C23H29N5O2/c1-16(2)27(17(3)4)14-15-28-20-13-9-8-12-19(20)21(22(28)29)25-26-23(30)24-18-10-6-5-7-11-18/h5-13,16-17H,14-15H2,1-4H3,(H2,24,26,30)/b25-21+. The molecule has 0 saturated carbocycles. The van der Waals surface area contributed by atoms with E-state index in [-0.39, 0.29) is 11.6 Å². The Morgan fingerprint density at radius 3 is 2.30 bits per heavy atom. The highest BCUT2D eigenvalue weighted by Gasteiger charge is 2.34. The van der Waals surface area contributed by atoms with Gasteiger partial charge in [0.25, 0.3) is 5.91 Å². The second kappa shape index (κ2) is 9.54. The van der Waals surface area contributed by atoms with Gasteiger partial charge in [-0.1, -0.05) is 36.4 Å². The number of fused-ring (bicyclic) bond motifs is 1. The molecule has 0 spiro atoms. The van der Waals surface area contributed by atoms with Gasteiger partial charge >= 0.3 is 6.03 Å². The summed E-state index contributed by atoms with van der Waals surface area (Å²) in [5.41, 5.74) is 4.89. The second-order valence-corrected chi connectivity index (χ2v) is 7.79. The van der Waals surface area contributed by atoms with E-state index >= 15 is 0 Å². The number of benzene rings is 2. The highest BCUT2D eigenvalue weighted by Crippen LogP contribution is 2.29. The van der Waals surface area contributed by atoms with Gasteiger partial charge < -0.3 is 10.2 Å². The van der Waals surface area contributed by atoms with Gasteiger partial charge in [-0.05, 0) is 45.9 Å². The van der Waals surface area contributed by atoms with Crippen LogP contribution in [-0.4, -0.2) is 47.7 Å². The fourth-order valence-electron chi connectivity index (χ4n) is 3.71. The molecule has 0 saturated heterocycles. The van der Waals surface area contributed by atoms with Crippen molar-refractivity contribution in [2.24, 2.45) is 5.10 Å². The summed E-state index contributed by atoms with van der Waals surface area (Å²) in [5, 5.41) is 6.83. The van der Waals surface area contributed by atoms with Crippen LogP contribution in [0.15, 0.2) is 59.7 Å². The molecule has 0 bridgehead atoms. The molecule has 0 aromatic heterocycles. The average Bonchev–Trinajstić information content (AvgIpc) is 2.98. The van der Waals surface area contributed by atoms with Crippen LogP contribution in [0.3, 0.4) is 0 Å². The van der Waals surface area contributed by atoms with E-state index in [1.54, 1.807) is 17.0 Å². The second-order valence-electron chi connectivity index (χ2n) is 7.79. The van der Waals surface area contributed by atoms with Crippen molar-refractivity contribution in [3.8, 4) is 0 Å². The van der Waals surface area contributed by atoms with E-state index in [4.69, 9.17) is 0 Å². The Morgan fingerprint density at radius 1 is 1.00 bits per heavy atom. The number of nitrogens with one attached hydrogen (secondary N) is 2. The summed E-state index contributed by atoms with van der Waals surface area (Å²) in [6.07, 6.45) is 0. The largest absolute Gasteiger partial charge is 0.339 e. The van der Waals surface area contributed by atoms with Crippen molar-refractivity contribution in [2.45, 2.75) is 39.8 Å². The van der Waals surface area contributed by atoms with Gasteiger partial charge in [-0.3, -0.25) is 9.69 Å². The van der Waals surface area contributed by atoms with Gasteiger partial charge in [0.2, 0.25) is 0 Å². The molecule has 158 valence electrons. The van der Waals surface area contributed by atoms with Crippen molar-refractivity contribution in [1.29, 1.82) is 0 Å². The molecule has 0 fully saturated rings. The lowest BCUT2D eigenvalue weighted by Gasteiger charge is -2.32. The summed E-state index contributed by atoms with van der Waals surface area (Å²) in [6.45, 7) is 9.93. The average molecular weight is 408 g/mol. The van der Waals surface area contributed by atoms with Crippen molar-refractivity contribution in [3.05, 3.63) is 60.2 Å². The number of nitrogens with zero attached hydrogens (tertiary/aromatic N) is 3. The number of urea groups is 1. The Morgan fingerprint density at radius 2 is 1.63 bits per heavy atom. The molecule has 1 heterocycles. The van der Waals surface area contributed by atoms with Crippen molar-refractivity contribution in [2.75, 3.05) is 23.3 Å². The first-order valence-corrected chi connectivity index (χ1v) is 10.2. The molecule has 1 aliphatic heterocycles. The summed E-state index contributed by atoms with van der Waals surface area (Å²) in [5.74, 6) is -0.205. The topological polar surface area (TPSA) is 77.0 Å². The quantitative estimate of drug-likeness (QED) is 0.688. The van der Waals surface area contributed by atoms with Crippen LogP contribution in [0.25, 0.3) is 0 Å². The summed E-state index contributed by atoms with van der Waals surface area (Å²) in [4.78, 5) is 29.3. The van der Waals surface area contributed by atoms with Crippen LogP contribution >= 0.6 is 0 Å². The third kappa shape index (κ3) is 4.86. The van der Waals surface area contributed by atoms with Crippen LogP contribution in [0.5, 0.6) is 0 Å². The number of hydrazone groups is 1. The maximum Gasteiger partial charge on any atom is 0.339 e. The lowest BCUT2D eigenvalue weighted by molar-refractivity contribution is -0.112. The molecule has 2 aromatic carbocycles. The molecular formula is C23H29N5O2. The molecule has 7 heteroatoms. The molecule has 2 N–H and O–H groups in total. The summed E-state index contributed by atoms with van der Waals surface area (Å²) < 4.78 is 0. The van der Waals surface area contributed by atoms with E-state index in [0.717, 1.165) is 17.8 Å². The predicted octanol–water partition coefficient (Wildman–Crippen LogP) is 3.68. The highest BCUT2D eigenvalue weighted by atomic mass is 16.2. The number of hydrogen-bond donors (Lipinski definition) is 2. The summed E-state index contributed by atoms with van der Waals surface area (Å²) in [7, 11) is 0. The van der Waals surface area contributed by atoms with Crippen LogP contribution in [0.4, 0.5) is 16.2 Å². The first-order chi connectivity index (χ1) is 14.4. The minimum Gasteiger partial charge on any atom is -0.307 e. The number of carbonyl (C=O) groups is 2. The fourth-order valence-corrected chi connectivity index (χ4v) is 3.71. The first kappa shape index (κ1) is 21.5. The monoisotopic (exact) mass is 407 g/mol. The number of amides is 3. The predicted molar refractivity (Wildman–Crippen MR) is 121 cm³/mol. The van der Waals surface area contributed by atoms with Crippen LogP contribution in [0.1, 0.15) is 33.3 Å². The molecule has 7 nitrogen and oxygen atoms in total. The van der Waals surface area contributed by atoms with Crippen molar-refractivity contribution >= 4 is 29.0 Å². The molecule has 0 aliphatic carbocycles. The van der Waals surface area contributed by atoms with Crippen LogP contribution < -0.4 is 15.6 Å². The van der Waals surface area contributed by atoms with Crippen LogP contribution in [0.2, 0.25) is 0 Å². The number of hydrogen-bond acceptors (Lipinski definition) is 4. The number of rotatable bonds is 7. The fraction of sp³-hybridized carbons (Fsp3) is 0.348. The molecule has 3 rings (SSSR count). The minimum atomic E-state index is -0.497. The Balaban J connectivity index is 1.74. The third-order valence-electron chi connectivity index (χ3n) is 5.11. The zero-order valence-corrected chi connectivity index (χ0v) is 17.9. The highest BCUT2D eigenvalue weighted by molar-refractivity contribution is 6.54. The van der Waals surface area contributed by atoms with Gasteiger partial charge in [0, 0.05) is 36.4 Å². The van der Waals surface area contributed by atoms with E-state index in [1.807, 2.05) is 42.5 Å². The molecular weight excluding hydrogens is 378 g/mol. The minimum absolute atomic E-state index is 0.205. The number of para-hydroxylation sites is 2. The molecule has 0 radical (unpaired) electrons. The number of carbonyl (C=O) groups excluding carboxylic acids is 2.